The summed E-state index contributed by atoms with van der Waals surface area (Å²) in [6.07, 6.45) is 6.10. The van der Waals surface area contributed by atoms with Gasteiger partial charge in [0.15, 0.2) is 12.4 Å². The van der Waals surface area contributed by atoms with Gasteiger partial charge in [-0.25, -0.2) is 4.57 Å². The molecule has 0 atom stereocenters. The normalized spacial score (nSPS) is 10.7. The van der Waals surface area contributed by atoms with Crippen molar-refractivity contribution in [2.75, 3.05) is 0 Å². The third kappa shape index (κ3) is 1.72. The lowest BCUT2D eigenvalue weighted by Gasteiger charge is -2.03. The van der Waals surface area contributed by atoms with E-state index in [2.05, 4.69) is 41.9 Å². The molecular weight excluding hydrogens is 220 g/mol. The van der Waals surface area contributed by atoms with Crippen molar-refractivity contribution in [3.05, 3.63) is 72.7 Å². The molecule has 0 aliphatic carbocycles. The number of benzene rings is 1. The molecule has 0 saturated carbocycles. The van der Waals surface area contributed by atoms with Gasteiger partial charge in [-0.1, -0.05) is 24.8 Å². The van der Waals surface area contributed by atoms with Gasteiger partial charge in [0.1, 0.15) is 7.05 Å². The Morgan fingerprint density at radius 2 is 1.83 bits per heavy atom. The number of pyridine rings is 1. The first-order valence-electron chi connectivity index (χ1n) is 5.97. The zero-order chi connectivity index (χ0) is 12.5. The van der Waals surface area contributed by atoms with Gasteiger partial charge in [-0.2, -0.15) is 0 Å². The van der Waals surface area contributed by atoms with Crippen LogP contribution in [0.15, 0.2) is 61.6 Å². The number of fused-ring (bicyclic) bond motifs is 1. The molecular formula is C16H15N2+. The molecule has 0 spiro atoms. The summed E-state index contributed by atoms with van der Waals surface area (Å²) in [6.45, 7) is 4.22. The van der Waals surface area contributed by atoms with Crippen LogP contribution in [0.3, 0.4) is 0 Å². The Morgan fingerprint density at radius 3 is 2.61 bits per heavy atom. The minimum absolute atomic E-state index is 1.05. The van der Waals surface area contributed by atoms with Crippen molar-refractivity contribution in [1.29, 1.82) is 0 Å². The smallest absolute Gasteiger partial charge is 0.169 e. The average Bonchev–Trinajstić information content (AvgIpc) is 2.82. The molecule has 0 unspecified atom stereocenters. The number of aryl methyl sites for hydroxylation is 1. The van der Waals surface area contributed by atoms with Crippen LogP contribution in [-0.4, -0.2) is 4.98 Å². The van der Waals surface area contributed by atoms with Crippen LogP contribution in [0.5, 0.6) is 0 Å². The van der Waals surface area contributed by atoms with Gasteiger partial charge >= 0.3 is 0 Å². The van der Waals surface area contributed by atoms with Crippen molar-refractivity contribution in [3.8, 4) is 0 Å². The summed E-state index contributed by atoms with van der Waals surface area (Å²) in [7, 11) is 2.01. The van der Waals surface area contributed by atoms with E-state index in [1.165, 1.54) is 10.9 Å². The van der Waals surface area contributed by atoms with Crippen molar-refractivity contribution in [2.45, 2.75) is 0 Å². The van der Waals surface area contributed by atoms with Gasteiger partial charge in [0.25, 0.3) is 0 Å². The number of aromatic nitrogens is 2. The van der Waals surface area contributed by atoms with E-state index in [0.29, 0.717) is 0 Å². The van der Waals surface area contributed by atoms with E-state index in [-0.39, 0.29) is 0 Å². The number of para-hydroxylation sites is 1. The molecule has 3 rings (SSSR count). The fourth-order valence-corrected chi connectivity index (χ4v) is 2.18. The Hall–Kier alpha value is -2.35. The predicted molar refractivity (Wildman–Crippen MR) is 74.1 cm³/mol. The Bertz CT molecular complexity index is 705. The number of nitrogens with one attached hydrogen (secondary N) is 1. The van der Waals surface area contributed by atoms with Crippen LogP contribution >= 0.6 is 0 Å². The largest absolute Gasteiger partial charge is 0.361 e. The summed E-state index contributed by atoms with van der Waals surface area (Å²) in [5.74, 6) is 0. The number of H-pyrrole nitrogens is 1. The summed E-state index contributed by atoms with van der Waals surface area (Å²) < 4.78 is 2.02. The summed E-state index contributed by atoms with van der Waals surface area (Å²) in [6, 6.07) is 12.5. The molecule has 3 aromatic rings. The van der Waals surface area contributed by atoms with E-state index in [9.17, 15) is 0 Å². The van der Waals surface area contributed by atoms with Crippen LogP contribution in [0, 0.1) is 0 Å². The molecule has 88 valence electrons. The topological polar surface area (TPSA) is 19.7 Å². The minimum atomic E-state index is 1.05. The number of nitrogens with zero attached hydrogens (tertiary/aromatic N) is 1. The lowest BCUT2D eigenvalue weighted by molar-refractivity contribution is -0.671. The standard InChI is InChI=1S/C16H15N2/c1-12(13-7-9-18(2)10-8-13)15-11-17-16-6-4-3-5-14(15)16/h3-11,17H,1H2,2H3/q+1. The third-order valence-electron chi connectivity index (χ3n) is 3.24. The number of rotatable bonds is 2. The van der Waals surface area contributed by atoms with Crippen molar-refractivity contribution < 1.29 is 4.57 Å². The fourth-order valence-electron chi connectivity index (χ4n) is 2.18. The maximum atomic E-state index is 4.22. The summed E-state index contributed by atoms with van der Waals surface area (Å²) >= 11 is 0. The molecule has 0 aliphatic rings. The third-order valence-corrected chi connectivity index (χ3v) is 3.24. The van der Waals surface area contributed by atoms with Gasteiger partial charge < -0.3 is 4.98 Å². The SMILES string of the molecule is C=C(c1cc[n+](C)cc1)c1c[nH]c2ccccc12. The number of aromatic amines is 1. The van der Waals surface area contributed by atoms with E-state index >= 15 is 0 Å². The monoisotopic (exact) mass is 235 g/mol. The maximum Gasteiger partial charge on any atom is 0.169 e. The lowest BCUT2D eigenvalue weighted by Crippen LogP contribution is -2.25. The van der Waals surface area contributed by atoms with Crippen LogP contribution in [0.25, 0.3) is 16.5 Å². The van der Waals surface area contributed by atoms with Gasteiger partial charge in [0.2, 0.25) is 0 Å². The van der Waals surface area contributed by atoms with Gasteiger partial charge in [0, 0.05) is 34.8 Å². The Morgan fingerprint density at radius 1 is 1.11 bits per heavy atom. The highest BCUT2D eigenvalue weighted by Crippen LogP contribution is 2.27. The van der Waals surface area contributed by atoms with Crippen LogP contribution in [0.2, 0.25) is 0 Å². The molecule has 0 bridgehead atoms. The second-order valence-electron chi connectivity index (χ2n) is 4.48. The number of hydrogen-bond donors (Lipinski definition) is 1. The molecule has 1 N–H and O–H groups in total. The van der Waals surface area contributed by atoms with Crippen LogP contribution in [0.4, 0.5) is 0 Å². The average molecular weight is 235 g/mol. The molecule has 18 heavy (non-hydrogen) atoms. The zero-order valence-electron chi connectivity index (χ0n) is 10.4. The Kier molecular flexibility index (Phi) is 2.49. The molecule has 1 aromatic carbocycles. The van der Waals surface area contributed by atoms with Gasteiger partial charge in [-0.3, -0.25) is 0 Å². The summed E-state index contributed by atoms with van der Waals surface area (Å²) in [5, 5.41) is 1.22. The van der Waals surface area contributed by atoms with Crippen molar-refractivity contribution in [1.82, 2.24) is 4.98 Å². The molecule has 0 fully saturated rings. The Balaban J connectivity index is 2.09. The van der Waals surface area contributed by atoms with Gasteiger partial charge in [-0.15, -0.1) is 0 Å². The van der Waals surface area contributed by atoms with Gasteiger partial charge in [0.05, 0.1) is 0 Å². The Labute approximate surface area is 106 Å². The van der Waals surface area contributed by atoms with E-state index in [1.807, 2.05) is 36.3 Å². The molecule has 2 aromatic heterocycles. The second-order valence-corrected chi connectivity index (χ2v) is 4.48. The van der Waals surface area contributed by atoms with Crippen LogP contribution in [-0.2, 0) is 7.05 Å². The van der Waals surface area contributed by atoms with Crippen molar-refractivity contribution in [2.24, 2.45) is 7.05 Å². The first-order chi connectivity index (χ1) is 8.75. The second kappa shape index (κ2) is 4.15. The minimum Gasteiger partial charge on any atom is -0.361 e. The molecule has 2 heterocycles. The number of hydrogen-bond acceptors (Lipinski definition) is 0. The van der Waals surface area contributed by atoms with E-state index in [4.69, 9.17) is 0 Å². The van der Waals surface area contributed by atoms with Crippen molar-refractivity contribution in [3.63, 3.8) is 0 Å². The predicted octanol–water partition coefficient (Wildman–Crippen LogP) is 3.05. The van der Waals surface area contributed by atoms with Gasteiger partial charge in [-0.05, 0) is 17.2 Å². The molecule has 0 aliphatic heterocycles. The quantitative estimate of drug-likeness (QED) is 0.659. The highest BCUT2D eigenvalue weighted by molar-refractivity contribution is 5.96. The van der Waals surface area contributed by atoms with E-state index in [1.54, 1.807) is 0 Å². The first kappa shape index (κ1) is 10.8. The maximum absolute atomic E-state index is 4.22. The fraction of sp³-hybridized carbons (Fsp3) is 0.0625. The van der Waals surface area contributed by atoms with Crippen molar-refractivity contribution >= 4 is 16.5 Å². The lowest BCUT2D eigenvalue weighted by atomic mass is 10.0. The molecule has 2 heteroatoms. The van der Waals surface area contributed by atoms with Crippen LogP contribution in [0.1, 0.15) is 11.1 Å². The molecule has 0 saturated heterocycles. The highest BCUT2D eigenvalue weighted by Gasteiger charge is 2.09. The van der Waals surface area contributed by atoms with Crippen LogP contribution < -0.4 is 4.57 Å². The highest BCUT2D eigenvalue weighted by atomic mass is 14.9. The van der Waals surface area contributed by atoms with E-state index in [0.717, 1.165) is 16.7 Å². The molecule has 2 nitrogen and oxygen atoms in total. The first-order valence-corrected chi connectivity index (χ1v) is 5.97. The summed E-state index contributed by atoms with van der Waals surface area (Å²) in [5.41, 5.74) is 4.51. The zero-order valence-corrected chi connectivity index (χ0v) is 10.4. The molecule has 0 radical (unpaired) electrons. The van der Waals surface area contributed by atoms with E-state index < -0.39 is 0 Å². The molecule has 0 amide bonds. The summed E-state index contributed by atoms with van der Waals surface area (Å²) in [4.78, 5) is 3.28.